The number of fused-ring (bicyclic) bond motifs is 1. The van der Waals surface area contributed by atoms with Crippen LogP contribution in [0.2, 0.25) is 5.02 Å². The summed E-state index contributed by atoms with van der Waals surface area (Å²) in [5.41, 5.74) is 3.72. The van der Waals surface area contributed by atoms with Crippen molar-refractivity contribution in [2.24, 2.45) is 5.92 Å². The van der Waals surface area contributed by atoms with Crippen LogP contribution in [0.1, 0.15) is 12.0 Å². The fourth-order valence-corrected chi connectivity index (χ4v) is 3.49. The molecule has 2 aromatic carbocycles. The number of ether oxygens (including phenoxy) is 1. The molecule has 4 rings (SSSR count). The van der Waals surface area contributed by atoms with Crippen LogP contribution in [-0.4, -0.2) is 30.5 Å². The molecule has 138 valence electrons. The van der Waals surface area contributed by atoms with Crippen molar-refractivity contribution in [1.29, 1.82) is 0 Å². The van der Waals surface area contributed by atoms with Gasteiger partial charge in [0.2, 0.25) is 11.8 Å². The van der Waals surface area contributed by atoms with E-state index in [-0.39, 0.29) is 18.3 Å². The summed E-state index contributed by atoms with van der Waals surface area (Å²) in [5, 5.41) is 0.587. The van der Waals surface area contributed by atoms with Crippen molar-refractivity contribution in [3.63, 3.8) is 0 Å². The van der Waals surface area contributed by atoms with E-state index in [1.165, 1.54) is 7.11 Å². The van der Waals surface area contributed by atoms with Crippen LogP contribution in [0.15, 0.2) is 40.8 Å². The zero-order valence-corrected chi connectivity index (χ0v) is 15.6. The van der Waals surface area contributed by atoms with Crippen LogP contribution in [0.3, 0.4) is 0 Å². The van der Waals surface area contributed by atoms with Gasteiger partial charge in [-0.3, -0.25) is 9.59 Å². The highest BCUT2D eigenvalue weighted by atomic mass is 35.5. The molecule has 0 N–H and O–H groups in total. The lowest BCUT2D eigenvalue weighted by Crippen LogP contribution is -2.26. The first-order chi connectivity index (χ1) is 13.0. The minimum atomic E-state index is -0.447. The molecule has 1 saturated heterocycles. The number of methoxy groups -OCH3 is 1. The van der Waals surface area contributed by atoms with Crippen LogP contribution in [0.5, 0.6) is 0 Å². The van der Waals surface area contributed by atoms with Crippen LogP contribution in [0.4, 0.5) is 5.69 Å². The number of benzene rings is 2. The molecule has 1 aliphatic heterocycles. The number of hydrogen-bond donors (Lipinski definition) is 0. The monoisotopic (exact) mass is 384 g/mol. The smallest absolute Gasteiger partial charge is 0.311 e. The molecule has 1 fully saturated rings. The van der Waals surface area contributed by atoms with Crippen molar-refractivity contribution in [1.82, 2.24) is 4.98 Å². The van der Waals surface area contributed by atoms with Gasteiger partial charge in [0.15, 0.2) is 5.58 Å². The average molecular weight is 385 g/mol. The fraction of sp³-hybridized carbons (Fsp3) is 0.250. The lowest BCUT2D eigenvalue weighted by Gasteiger charge is -2.19. The maximum absolute atomic E-state index is 12.4. The number of carbonyl (C=O) groups is 2. The number of oxazole rings is 1. The van der Waals surface area contributed by atoms with Gasteiger partial charge in [-0.2, -0.15) is 0 Å². The van der Waals surface area contributed by atoms with E-state index in [2.05, 4.69) is 4.98 Å². The molecule has 7 heteroatoms. The number of aryl methyl sites for hydroxylation is 1. The van der Waals surface area contributed by atoms with Crippen molar-refractivity contribution < 1.29 is 18.7 Å². The minimum Gasteiger partial charge on any atom is -0.469 e. The number of anilines is 1. The summed E-state index contributed by atoms with van der Waals surface area (Å²) < 4.78 is 10.6. The number of nitrogens with zero attached hydrogens (tertiary/aromatic N) is 2. The Labute approximate surface area is 160 Å². The molecule has 27 heavy (non-hydrogen) atoms. The van der Waals surface area contributed by atoms with Crippen molar-refractivity contribution >= 4 is 40.3 Å². The van der Waals surface area contributed by atoms with Crippen LogP contribution in [0, 0.1) is 12.8 Å². The molecule has 1 atom stereocenters. The molecule has 2 heterocycles. The second-order valence-electron chi connectivity index (χ2n) is 6.56. The van der Waals surface area contributed by atoms with Gasteiger partial charge in [0.1, 0.15) is 5.52 Å². The Bertz CT molecular complexity index is 1060. The predicted molar refractivity (Wildman–Crippen MR) is 102 cm³/mol. The first kappa shape index (κ1) is 17.5. The van der Waals surface area contributed by atoms with E-state index < -0.39 is 5.92 Å². The lowest BCUT2D eigenvalue weighted by molar-refractivity contribution is -0.145. The molecule has 1 aliphatic rings. The summed E-state index contributed by atoms with van der Waals surface area (Å²) in [6.45, 7) is 2.22. The minimum absolute atomic E-state index is 0.102. The zero-order chi connectivity index (χ0) is 19.1. The van der Waals surface area contributed by atoms with Crippen LogP contribution < -0.4 is 4.90 Å². The first-order valence-electron chi connectivity index (χ1n) is 8.51. The van der Waals surface area contributed by atoms with Crippen molar-refractivity contribution in [2.75, 3.05) is 18.6 Å². The molecule has 0 spiro atoms. The van der Waals surface area contributed by atoms with Crippen LogP contribution in [-0.2, 0) is 14.3 Å². The van der Waals surface area contributed by atoms with Gasteiger partial charge in [0.25, 0.3) is 0 Å². The Morgan fingerprint density at radius 1 is 1.30 bits per heavy atom. The maximum atomic E-state index is 12.4. The fourth-order valence-electron chi connectivity index (χ4n) is 3.32. The third-order valence-corrected chi connectivity index (χ3v) is 4.99. The second-order valence-corrected chi connectivity index (χ2v) is 7.00. The summed E-state index contributed by atoms with van der Waals surface area (Å²) >= 11 is 6.01. The summed E-state index contributed by atoms with van der Waals surface area (Å²) in [6.07, 6.45) is 0.151. The van der Waals surface area contributed by atoms with Crippen molar-refractivity contribution in [2.45, 2.75) is 13.3 Å². The third-order valence-electron chi connectivity index (χ3n) is 4.76. The Morgan fingerprint density at radius 2 is 2.11 bits per heavy atom. The quantitative estimate of drug-likeness (QED) is 0.638. The van der Waals surface area contributed by atoms with E-state index in [1.807, 2.05) is 25.1 Å². The summed E-state index contributed by atoms with van der Waals surface area (Å²) in [6, 6.07) is 10.9. The van der Waals surface area contributed by atoms with E-state index >= 15 is 0 Å². The number of rotatable bonds is 3. The van der Waals surface area contributed by atoms with E-state index in [0.717, 1.165) is 16.8 Å². The maximum Gasteiger partial charge on any atom is 0.311 e. The first-order valence-corrected chi connectivity index (χ1v) is 8.89. The molecule has 0 bridgehead atoms. The standard InChI is InChI=1S/C20H17ClN2O4/c1-11-3-4-12(19-22-15-9-14(21)5-6-17(15)27-19)7-16(11)23-10-13(8-18(23)24)20(25)26-2/h3-7,9,13H,8,10H2,1-2H3/t13-/m1/s1. The highest BCUT2D eigenvalue weighted by Gasteiger charge is 2.36. The van der Waals surface area contributed by atoms with E-state index in [4.69, 9.17) is 20.8 Å². The number of halogens is 1. The summed E-state index contributed by atoms with van der Waals surface area (Å²) in [5.74, 6) is -0.466. The predicted octanol–water partition coefficient (Wildman–Crippen LogP) is 3.98. The van der Waals surface area contributed by atoms with Gasteiger partial charge in [-0.25, -0.2) is 4.98 Å². The van der Waals surface area contributed by atoms with Gasteiger partial charge in [-0.05, 0) is 42.8 Å². The van der Waals surface area contributed by atoms with Gasteiger partial charge in [-0.1, -0.05) is 17.7 Å². The van der Waals surface area contributed by atoms with Gasteiger partial charge < -0.3 is 14.1 Å². The normalized spacial score (nSPS) is 16.9. The Kier molecular flexibility index (Phi) is 4.36. The van der Waals surface area contributed by atoms with E-state index in [1.54, 1.807) is 23.1 Å². The molecular weight excluding hydrogens is 368 g/mol. The molecule has 1 amide bonds. The molecular formula is C20H17ClN2O4. The molecule has 0 aliphatic carbocycles. The van der Waals surface area contributed by atoms with Gasteiger partial charge >= 0.3 is 5.97 Å². The highest BCUT2D eigenvalue weighted by molar-refractivity contribution is 6.31. The molecule has 0 unspecified atom stereocenters. The zero-order valence-electron chi connectivity index (χ0n) is 14.9. The Morgan fingerprint density at radius 3 is 2.89 bits per heavy atom. The molecule has 0 radical (unpaired) electrons. The van der Waals surface area contributed by atoms with E-state index in [0.29, 0.717) is 28.6 Å². The largest absolute Gasteiger partial charge is 0.469 e. The lowest BCUT2D eigenvalue weighted by atomic mass is 10.1. The Balaban J connectivity index is 1.71. The molecule has 0 saturated carbocycles. The summed E-state index contributed by atoms with van der Waals surface area (Å²) in [4.78, 5) is 30.4. The van der Waals surface area contributed by atoms with Gasteiger partial charge in [0.05, 0.1) is 13.0 Å². The highest BCUT2D eigenvalue weighted by Crippen LogP contribution is 2.33. The number of aromatic nitrogens is 1. The number of amides is 1. The Hall–Kier alpha value is -2.86. The number of hydrogen-bond acceptors (Lipinski definition) is 5. The van der Waals surface area contributed by atoms with Crippen molar-refractivity contribution in [3.05, 3.63) is 47.0 Å². The molecule has 1 aromatic heterocycles. The number of esters is 1. The molecule has 6 nitrogen and oxygen atoms in total. The SMILES string of the molecule is COC(=O)[C@@H]1CC(=O)N(c2cc(-c3nc4cc(Cl)ccc4o3)ccc2C)C1. The van der Waals surface area contributed by atoms with Crippen LogP contribution >= 0.6 is 11.6 Å². The topological polar surface area (TPSA) is 72.6 Å². The molecule has 3 aromatic rings. The van der Waals surface area contributed by atoms with E-state index in [9.17, 15) is 9.59 Å². The number of carbonyl (C=O) groups excluding carboxylic acids is 2. The van der Waals surface area contributed by atoms with Gasteiger partial charge in [-0.15, -0.1) is 0 Å². The van der Waals surface area contributed by atoms with Crippen molar-refractivity contribution in [3.8, 4) is 11.5 Å². The second kappa shape index (κ2) is 6.70. The van der Waals surface area contributed by atoms with Gasteiger partial charge in [0, 0.05) is 29.2 Å². The summed E-state index contributed by atoms with van der Waals surface area (Å²) in [7, 11) is 1.33. The average Bonchev–Trinajstić information content (AvgIpc) is 3.24. The van der Waals surface area contributed by atoms with Crippen LogP contribution in [0.25, 0.3) is 22.6 Å². The third kappa shape index (κ3) is 3.17.